The number of carbonyl (C=O) groups is 1. The van der Waals surface area contributed by atoms with Crippen molar-refractivity contribution in [1.29, 1.82) is 0 Å². The molecule has 0 aliphatic heterocycles. The molecule has 0 saturated heterocycles. The molecule has 2 N–H and O–H groups in total. The number of fused-ring (bicyclic) bond motifs is 1. The second kappa shape index (κ2) is 7.41. The highest BCUT2D eigenvalue weighted by Gasteiger charge is 2.06. The number of pyridine rings is 1. The monoisotopic (exact) mass is 323 g/mol. The second-order valence-electron chi connectivity index (χ2n) is 5.23. The van der Waals surface area contributed by atoms with Crippen molar-refractivity contribution in [2.45, 2.75) is 6.42 Å². The van der Waals surface area contributed by atoms with Gasteiger partial charge in [0.1, 0.15) is 11.3 Å². The number of rotatable bonds is 6. The summed E-state index contributed by atoms with van der Waals surface area (Å²) in [5, 5.41) is 6.88. The summed E-state index contributed by atoms with van der Waals surface area (Å²) in [6.07, 6.45) is 2.30. The summed E-state index contributed by atoms with van der Waals surface area (Å²) >= 11 is 0. The van der Waals surface area contributed by atoms with E-state index in [-0.39, 0.29) is 11.5 Å². The Kier molecular flexibility index (Phi) is 4.86. The molecule has 0 saturated carbocycles. The van der Waals surface area contributed by atoms with Crippen molar-refractivity contribution in [3.63, 3.8) is 0 Å². The van der Waals surface area contributed by atoms with Gasteiger partial charge in [-0.15, -0.1) is 0 Å². The van der Waals surface area contributed by atoms with Crippen LogP contribution in [0.4, 0.5) is 5.69 Å². The minimum absolute atomic E-state index is 0.193. The average Bonchev–Trinajstić information content (AvgIpc) is 2.61. The predicted octanol–water partition coefficient (Wildman–Crippen LogP) is 2.42. The fraction of sp³-hybridized carbons (Fsp3) is 0.167. The summed E-state index contributed by atoms with van der Waals surface area (Å²) in [5.74, 6) is -0.193. The first-order valence-corrected chi connectivity index (χ1v) is 7.70. The summed E-state index contributed by atoms with van der Waals surface area (Å²) in [6, 6.07) is 14.0. The van der Waals surface area contributed by atoms with Crippen molar-refractivity contribution < 1.29 is 9.21 Å². The highest BCUT2D eigenvalue weighted by Crippen LogP contribution is 2.20. The van der Waals surface area contributed by atoms with Crippen LogP contribution in [0, 0.1) is 0 Å². The number of aromatic nitrogens is 1. The van der Waals surface area contributed by atoms with Gasteiger partial charge in [-0.1, -0.05) is 18.2 Å². The van der Waals surface area contributed by atoms with Crippen LogP contribution < -0.4 is 16.3 Å². The van der Waals surface area contributed by atoms with Crippen LogP contribution in [0.2, 0.25) is 0 Å². The van der Waals surface area contributed by atoms with E-state index in [1.165, 1.54) is 6.07 Å². The molecule has 0 spiro atoms. The van der Waals surface area contributed by atoms with Gasteiger partial charge in [-0.3, -0.25) is 9.78 Å². The molecule has 6 heteroatoms. The second-order valence-corrected chi connectivity index (χ2v) is 5.23. The van der Waals surface area contributed by atoms with Crippen LogP contribution in [-0.2, 0) is 0 Å². The quantitative estimate of drug-likeness (QED) is 0.537. The Morgan fingerprint density at radius 1 is 1.08 bits per heavy atom. The molecule has 0 unspecified atom stereocenters. The van der Waals surface area contributed by atoms with Crippen molar-refractivity contribution in [1.82, 2.24) is 10.3 Å². The van der Waals surface area contributed by atoms with Crippen molar-refractivity contribution in [3.8, 4) is 0 Å². The molecule has 0 fully saturated rings. The average molecular weight is 323 g/mol. The van der Waals surface area contributed by atoms with Gasteiger partial charge in [-0.25, -0.2) is 4.79 Å². The Hall–Kier alpha value is -3.15. The smallest absolute Gasteiger partial charge is 0.338 e. The van der Waals surface area contributed by atoms with E-state index in [0.717, 1.165) is 11.1 Å². The fourth-order valence-electron chi connectivity index (χ4n) is 2.36. The third-order valence-electron chi connectivity index (χ3n) is 3.50. The van der Waals surface area contributed by atoms with Crippen molar-refractivity contribution >= 4 is 22.6 Å². The summed E-state index contributed by atoms with van der Waals surface area (Å²) < 4.78 is 5.15. The Morgan fingerprint density at radius 2 is 1.92 bits per heavy atom. The van der Waals surface area contributed by atoms with Crippen LogP contribution in [0.15, 0.2) is 63.9 Å². The maximum Gasteiger partial charge on any atom is 0.338 e. The number of anilines is 1. The van der Waals surface area contributed by atoms with E-state index in [4.69, 9.17) is 4.42 Å². The Bertz CT molecular complexity index is 891. The van der Waals surface area contributed by atoms with Gasteiger partial charge in [-0.2, -0.15) is 0 Å². The molecule has 0 atom stereocenters. The van der Waals surface area contributed by atoms with Crippen molar-refractivity contribution in [3.05, 3.63) is 70.8 Å². The minimum atomic E-state index is -0.389. The van der Waals surface area contributed by atoms with E-state index in [2.05, 4.69) is 15.6 Å². The minimum Gasteiger partial charge on any atom is -0.423 e. The Morgan fingerprint density at radius 3 is 2.75 bits per heavy atom. The summed E-state index contributed by atoms with van der Waals surface area (Å²) in [7, 11) is 0. The van der Waals surface area contributed by atoms with E-state index in [0.29, 0.717) is 30.8 Å². The topological polar surface area (TPSA) is 84.2 Å². The van der Waals surface area contributed by atoms with Crippen LogP contribution >= 0.6 is 0 Å². The normalized spacial score (nSPS) is 10.5. The van der Waals surface area contributed by atoms with E-state index in [1.807, 2.05) is 18.2 Å². The number of hydrogen-bond acceptors (Lipinski definition) is 5. The number of hydrogen-bond donors (Lipinski definition) is 2. The molecule has 0 bridgehead atoms. The lowest BCUT2D eigenvalue weighted by Gasteiger charge is -2.09. The molecule has 2 aromatic heterocycles. The molecule has 122 valence electrons. The largest absolute Gasteiger partial charge is 0.423 e. The molecule has 0 aliphatic carbocycles. The first kappa shape index (κ1) is 15.7. The first-order chi connectivity index (χ1) is 11.7. The van der Waals surface area contributed by atoms with Crippen LogP contribution in [0.1, 0.15) is 16.9 Å². The van der Waals surface area contributed by atoms with Gasteiger partial charge >= 0.3 is 5.63 Å². The van der Waals surface area contributed by atoms with Gasteiger partial charge in [0.2, 0.25) is 0 Å². The summed E-state index contributed by atoms with van der Waals surface area (Å²) in [4.78, 5) is 27.4. The molecule has 3 rings (SSSR count). The van der Waals surface area contributed by atoms with Crippen LogP contribution in [0.25, 0.3) is 11.0 Å². The van der Waals surface area contributed by atoms with Gasteiger partial charge in [0.25, 0.3) is 5.91 Å². The predicted molar refractivity (Wildman–Crippen MR) is 92.2 cm³/mol. The van der Waals surface area contributed by atoms with Crippen LogP contribution in [0.3, 0.4) is 0 Å². The molecular weight excluding hydrogens is 306 g/mol. The lowest BCUT2D eigenvalue weighted by molar-refractivity contribution is 0.0948. The molecule has 0 radical (unpaired) electrons. The van der Waals surface area contributed by atoms with E-state index in [1.54, 1.807) is 30.5 Å². The zero-order chi connectivity index (χ0) is 16.8. The van der Waals surface area contributed by atoms with Gasteiger partial charge in [0.15, 0.2) is 0 Å². The van der Waals surface area contributed by atoms with Gasteiger partial charge < -0.3 is 15.1 Å². The van der Waals surface area contributed by atoms with Crippen LogP contribution in [-0.4, -0.2) is 24.0 Å². The number of carbonyl (C=O) groups excluding carboxylic acids is 1. The number of nitrogens with one attached hydrogen (secondary N) is 2. The number of para-hydroxylation sites is 1. The maximum absolute atomic E-state index is 11.8. The fourth-order valence-corrected chi connectivity index (χ4v) is 2.36. The molecule has 24 heavy (non-hydrogen) atoms. The van der Waals surface area contributed by atoms with E-state index < -0.39 is 0 Å². The molecule has 6 nitrogen and oxygen atoms in total. The molecule has 1 amide bonds. The molecule has 1 aromatic carbocycles. The van der Waals surface area contributed by atoms with Gasteiger partial charge in [0, 0.05) is 30.7 Å². The van der Waals surface area contributed by atoms with Crippen LogP contribution in [0.5, 0.6) is 0 Å². The number of benzene rings is 1. The first-order valence-electron chi connectivity index (χ1n) is 7.70. The zero-order valence-electron chi connectivity index (χ0n) is 13.0. The lowest BCUT2D eigenvalue weighted by atomic mass is 10.2. The molecular formula is C18H17N3O3. The molecule has 3 aromatic rings. The highest BCUT2D eigenvalue weighted by atomic mass is 16.4. The zero-order valence-corrected chi connectivity index (χ0v) is 13.0. The van der Waals surface area contributed by atoms with Gasteiger partial charge in [-0.05, 0) is 30.7 Å². The SMILES string of the molecule is O=C(NCCCNc1cc(=O)oc2ccccc12)c1ccccn1. The molecule has 0 aliphatic rings. The van der Waals surface area contributed by atoms with Crippen molar-refractivity contribution in [2.75, 3.05) is 18.4 Å². The number of nitrogens with zero attached hydrogens (tertiary/aromatic N) is 1. The lowest BCUT2D eigenvalue weighted by Crippen LogP contribution is -2.26. The third kappa shape index (κ3) is 3.78. The maximum atomic E-state index is 11.8. The highest BCUT2D eigenvalue weighted by molar-refractivity contribution is 5.92. The van der Waals surface area contributed by atoms with E-state index in [9.17, 15) is 9.59 Å². The van der Waals surface area contributed by atoms with Gasteiger partial charge in [0.05, 0.1) is 5.69 Å². The number of amides is 1. The van der Waals surface area contributed by atoms with E-state index >= 15 is 0 Å². The Labute approximate surface area is 138 Å². The standard InChI is InChI=1S/C18H17N3O3/c22-17-12-15(13-6-1-2-8-16(13)24-17)20-10-5-11-21-18(23)14-7-3-4-9-19-14/h1-4,6-9,12,20H,5,10-11H2,(H,21,23). The summed E-state index contributed by atoms with van der Waals surface area (Å²) in [6.45, 7) is 1.14. The van der Waals surface area contributed by atoms with Crippen molar-refractivity contribution in [2.24, 2.45) is 0 Å². The molecule has 2 heterocycles. The Balaban J connectivity index is 1.52. The third-order valence-corrected chi connectivity index (χ3v) is 3.50. The summed E-state index contributed by atoms with van der Waals surface area (Å²) in [5.41, 5.74) is 1.30.